The fourth-order valence-electron chi connectivity index (χ4n) is 2.15. The zero-order valence-electron chi connectivity index (χ0n) is 14.7. The number of carbonyl (C=O) groups excluding carboxylic acids is 1. The van der Waals surface area contributed by atoms with Gasteiger partial charge >= 0.3 is 0 Å². The highest BCUT2D eigenvalue weighted by Gasteiger charge is 2.06. The molecule has 134 valence electrons. The van der Waals surface area contributed by atoms with Crippen molar-refractivity contribution in [2.24, 2.45) is 0 Å². The first-order valence-electron chi connectivity index (χ1n) is 8.35. The Morgan fingerprint density at radius 2 is 1.56 bits per heavy atom. The van der Waals surface area contributed by atoms with Gasteiger partial charge in [0.2, 0.25) is 0 Å². The molecule has 0 fully saturated rings. The van der Waals surface area contributed by atoms with Crippen LogP contribution < -0.4 is 14.2 Å². The summed E-state index contributed by atoms with van der Waals surface area (Å²) in [4.78, 5) is 10.8. The normalized spacial score (nSPS) is 10.3. The summed E-state index contributed by atoms with van der Waals surface area (Å²) in [6.45, 7) is 6.24. The third kappa shape index (κ3) is 6.47. The van der Waals surface area contributed by atoms with E-state index in [9.17, 15) is 4.79 Å². The lowest BCUT2D eigenvalue weighted by Gasteiger charge is -2.12. The van der Waals surface area contributed by atoms with Crippen LogP contribution in [0.4, 0.5) is 0 Å². The van der Waals surface area contributed by atoms with Crippen LogP contribution in [0.5, 0.6) is 17.2 Å². The average molecular weight is 344 g/mol. The van der Waals surface area contributed by atoms with E-state index in [0.717, 1.165) is 12.0 Å². The maximum absolute atomic E-state index is 10.8. The number of hydrogen-bond acceptors (Lipinski definition) is 5. The average Bonchev–Trinajstić information content (AvgIpc) is 2.63. The molecule has 2 aromatic carbocycles. The van der Waals surface area contributed by atoms with Crippen LogP contribution in [0.1, 0.15) is 22.8 Å². The molecular weight excluding hydrogens is 320 g/mol. The fourth-order valence-corrected chi connectivity index (χ4v) is 2.15. The Labute approximate surface area is 148 Å². The summed E-state index contributed by atoms with van der Waals surface area (Å²) >= 11 is 0. The second-order valence-corrected chi connectivity index (χ2v) is 5.38. The minimum Gasteiger partial charge on any atom is -0.491 e. The SMILES string of the molecule is CCOc1cc(C=O)ccc1OCCOCCOc1ccc(C)cc1. The van der Waals surface area contributed by atoms with Crippen molar-refractivity contribution in [2.45, 2.75) is 13.8 Å². The van der Waals surface area contributed by atoms with Gasteiger partial charge in [-0.3, -0.25) is 4.79 Å². The number of aryl methyl sites for hydroxylation is 1. The Bertz CT molecular complexity index is 652. The summed E-state index contributed by atoms with van der Waals surface area (Å²) in [5, 5.41) is 0. The van der Waals surface area contributed by atoms with E-state index in [4.69, 9.17) is 18.9 Å². The predicted molar refractivity (Wildman–Crippen MR) is 96.0 cm³/mol. The van der Waals surface area contributed by atoms with Crippen LogP contribution in [-0.2, 0) is 4.74 Å². The molecule has 5 nitrogen and oxygen atoms in total. The predicted octanol–water partition coefficient (Wildman–Crippen LogP) is 3.68. The Balaban J connectivity index is 1.65. The molecule has 0 heterocycles. The second kappa shape index (κ2) is 10.4. The fraction of sp³-hybridized carbons (Fsp3) is 0.350. The molecule has 25 heavy (non-hydrogen) atoms. The van der Waals surface area contributed by atoms with Crippen LogP contribution in [0.3, 0.4) is 0 Å². The number of carbonyl (C=O) groups is 1. The highest BCUT2D eigenvalue weighted by Crippen LogP contribution is 2.27. The van der Waals surface area contributed by atoms with Crippen LogP contribution in [0.2, 0.25) is 0 Å². The van der Waals surface area contributed by atoms with E-state index in [1.165, 1.54) is 5.56 Å². The number of hydrogen-bond donors (Lipinski definition) is 0. The number of rotatable bonds is 11. The Morgan fingerprint density at radius 3 is 2.24 bits per heavy atom. The highest BCUT2D eigenvalue weighted by atomic mass is 16.6. The van der Waals surface area contributed by atoms with Crippen LogP contribution in [0.25, 0.3) is 0 Å². The summed E-state index contributed by atoms with van der Waals surface area (Å²) in [7, 11) is 0. The largest absolute Gasteiger partial charge is 0.491 e. The lowest BCUT2D eigenvalue weighted by molar-refractivity contribution is 0.0755. The topological polar surface area (TPSA) is 54.0 Å². The maximum Gasteiger partial charge on any atom is 0.161 e. The van der Waals surface area contributed by atoms with Gasteiger partial charge in [-0.15, -0.1) is 0 Å². The molecule has 5 heteroatoms. The summed E-state index contributed by atoms with van der Waals surface area (Å²) in [6.07, 6.45) is 0.781. The molecule has 0 saturated carbocycles. The summed E-state index contributed by atoms with van der Waals surface area (Å²) in [6, 6.07) is 13.0. The van der Waals surface area contributed by atoms with E-state index < -0.39 is 0 Å². The summed E-state index contributed by atoms with van der Waals surface area (Å²) in [5.74, 6) is 2.00. The molecule has 0 aliphatic heterocycles. The van der Waals surface area contributed by atoms with Gasteiger partial charge in [-0.2, -0.15) is 0 Å². The van der Waals surface area contributed by atoms with Crippen LogP contribution in [0.15, 0.2) is 42.5 Å². The van der Waals surface area contributed by atoms with E-state index in [-0.39, 0.29) is 0 Å². The van der Waals surface area contributed by atoms with Gasteiger partial charge in [-0.1, -0.05) is 17.7 Å². The number of ether oxygens (including phenoxy) is 4. The molecule has 0 saturated heterocycles. The standard InChI is InChI=1S/C20H24O5/c1-3-23-20-14-17(15-21)6-9-19(20)25-13-11-22-10-12-24-18-7-4-16(2)5-8-18/h4-9,14-15H,3,10-13H2,1-2H3. The van der Waals surface area contributed by atoms with Crippen LogP contribution >= 0.6 is 0 Å². The molecule has 0 atom stereocenters. The molecular formula is C20H24O5. The molecule has 0 aromatic heterocycles. The molecule has 0 N–H and O–H groups in total. The van der Waals surface area contributed by atoms with E-state index in [2.05, 4.69) is 0 Å². The Kier molecular flexibility index (Phi) is 7.79. The number of benzene rings is 2. The zero-order chi connectivity index (χ0) is 17.9. The smallest absolute Gasteiger partial charge is 0.161 e. The lowest BCUT2D eigenvalue weighted by Crippen LogP contribution is -2.12. The van der Waals surface area contributed by atoms with Crippen LogP contribution in [0, 0.1) is 6.92 Å². The van der Waals surface area contributed by atoms with Crippen LogP contribution in [-0.4, -0.2) is 39.3 Å². The van der Waals surface area contributed by atoms with Crippen molar-refractivity contribution in [3.8, 4) is 17.2 Å². The molecule has 0 amide bonds. The van der Waals surface area contributed by atoms with Gasteiger partial charge in [0.15, 0.2) is 11.5 Å². The molecule has 0 spiro atoms. The van der Waals surface area contributed by atoms with E-state index in [1.807, 2.05) is 38.1 Å². The first-order valence-corrected chi connectivity index (χ1v) is 8.35. The van der Waals surface area contributed by atoms with Gasteiger partial charge in [-0.25, -0.2) is 0 Å². The van der Waals surface area contributed by atoms with Crippen molar-refractivity contribution in [2.75, 3.05) is 33.0 Å². The Morgan fingerprint density at radius 1 is 0.840 bits per heavy atom. The lowest BCUT2D eigenvalue weighted by atomic mass is 10.2. The van der Waals surface area contributed by atoms with Gasteiger partial charge in [0.25, 0.3) is 0 Å². The quantitative estimate of drug-likeness (QED) is 0.460. The van der Waals surface area contributed by atoms with E-state index in [0.29, 0.717) is 50.1 Å². The van der Waals surface area contributed by atoms with E-state index in [1.54, 1.807) is 18.2 Å². The number of aldehydes is 1. The van der Waals surface area contributed by atoms with Gasteiger partial charge < -0.3 is 18.9 Å². The van der Waals surface area contributed by atoms with Crippen molar-refractivity contribution in [1.82, 2.24) is 0 Å². The minimum atomic E-state index is 0.394. The summed E-state index contributed by atoms with van der Waals surface area (Å²) < 4.78 is 22.2. The molecule has 2 aromatic rings. The molecule has 0 aliphatic rings. The van der Waals surface area contributed by atoms with Crippen molar-refractivity contribution in [3.05, 3.63) is 53.6 Å². The maximum atomic E-state index is 10.8. The monoisotopic (exact) mass is 344 g/mol. The second-order valence-electron chi connectivity index (χ2n) is 5.38. The van der Waals surface area contributed by atoms with E-state index >= 15 is 0 Å². The third-order valence-corrected chi connectivity index (χ3v) is 3.41. The first-order chi connectivity index (χ1) is 12.2. The first kappa shape index (κ1) is 18.8. The summed E-state index contributed by atoms with van der Waals surface area (Å²) in [5.41, 5.74) is 1.76. The molecule has 0 bridgehead atoms. The van der Waals surface area contributed by atoms with Crippen molar-refractivity contribution >= 4 is 6.29 Å². The van der Waals surface area contributed by atoms with Gasteiger partial charge in [-0.05, 0) is 44.2 Å². The van der Waals surface area contributed by atoms with Gasteiger partial charge in [0.05, 0.1) is 19.8 Å². The Hall–Kier alpha value is -2.53. The molecule has 0 unspecified atom stereocenters. The molecule has 2 rings (SSSR count). The molecule has 0 aliphatic carbocycles. The highest BCUT2D eigenvalue weighted by molar-refractivity contribution is 5.76. The van der Waals surface area contributed by atoms with Gasteiger partial charge in [0.1, 0.15) is 25.2 Å². The zero-order valence-corrected chi connectivity index (χ0v) is 14.7. The third-order valence-electron chi connectivity index (χ3n) is 3.41. The molecule has 0 radical (unpaired) electrons. The van der Waals surface area contributed by atoms with Crippen molar-refractivity contribution in [3.63, 3.8) is 0 Å². The minimum absolute atomic E-state index is 0.394. The van der Waals surface area contributed by atoms with Crippen molar-refractivity contribution in [1.29, 1.82) is 0 Å². The van der Waals surface area contributed by atoms with Gasteiger partial charge in [0, 0.05) is 5.56 Å². The van der Waals surface area contributed by atoms with Crippen molar-refractivity contribution < 1.29 is 23.7 Å².